The Bertz CT molecular complexity index is 1070. The van der Waals surface area contributed by atoms with Gasteiger partial charge in [0.15, 0.2) is 0 Å². The number of hydrogen-bond acceptors (Lipinski definition) is 4. The Balaban J connectivity index is 1.55. The summed E-state index contributed by atoms with van der Waals surface area (Å²) in [6.45, 7) is 7.32. The maximum absolute atomic E-state index is 13.3. The van der Waals surface area contributed by atoms with Gasteiger partial charge in [-0.05, 0) is 74.4 Å². The van der Waals surface area contributed by atoms with Crippen molar-refractivity contribution in [1.29, 1.82) is 0 Å². The molecule has 0 amide bonds. The Morgan fingerprint density at radius 2 is 1.52 bits per heavy atom. The van der Waals surface area contributed by atoms with E-state index in [2.05, 4.69) is 5.32 Å². The second kappa shape index (κ2) is 9.89. The van der Waals surface area contributed by atoms with E-state index in [0.29, 0.717) is 19.8 Å². The summed E-state index contributed by atoms with van der Waals surface area (Å²) >= 11 is 0. The van der Waals surface area contributed by atoms with Crippen LogP contribution in [0.4, 0.5) is 14.5 Å². The molecule has 4 rings (SSSR count). The number of nitrogens with one attached hydrogen (secondary N) is 1. The summed E-state index contributed by atoms with van der Waals surface area (Å²) in [5.74, 6) is 0.229. The van der Waals surface area contributed by atoms with Crippen LogP contribution in [0.15, 0.2) is 66.7 Å². The Morgan fingerprint density at radius 3 is 2.15 bits per heavy atom. The monoisotopic (exact) mass is 453 g/mol. The zero-order valence-electron chi connectivity index (χ0n) is 19.1. The number of hydrogen-bond donors (Lipinski definition) is 1. The lowest BCUT2D eigenvalue weighted by Crippen LogP contribution is -2.51. The fraction of sp³-hybridized carbons (Fsp3) is 0.333. The first-order chi connectivity index (χ1) is 15.9. The maximum atomic E-state index is 13.3. The minimum Gasteiger partial charge on any atom is -0.485 e. The van der Waals surface area contributed by atoms with Gasteiger partial charge in [-0.3, -0.25) is 0 Å². The highest BCUT2D eigenvalue weighted by atomic mass is 19.1. The Labute approximate surface area is 193 Å². The summed E-state index contributed by atoms with van der Waals surface area (Å²) in [6.07, 6.45) is -0.705. The van der Waals surface area contributed by atoms with E-state index in [4.69, 9.17) is 14.2 Å². The minimum absolute atomic E-state index is 0.251. The van der Waals surface area contributed by atoms with Crippen molar-refractivity contribution in [1.82, 2.24) is 0 Å². The fourth-order valence-corrected chi connectivity index (χ4v) is 4.06. The third kappa shape index (κ3) is 5.52. The molecule has 174 valence electrons. The number of anilines is 1. The lowest BCUT2D eigenvalue weighted by Gasteiger charge is -2.44. The molecule has 0 aliphatic carbocycles. The lowest BCUT2D eigenvalue weighted by molar-refractivity contribution is -0.165. The third-order valence-corrected chi connectivity index (χ3v) is 5.75. The maximum Gasteiger partial charge on any atom is 0.132 e. The van der Waals surface area contributed by atoms with E-state index in [9.17, 15) is 8.78 Å². The molecule has 3 aromatic rings. The molecule has 1 N–H and O–H groups in total. The van der Waals surface area contributed by atoms with Gasteiger partial charge in [0.25, 0.3) is 0 Å². The molecule has 0 fully saturated rings. The van der Waals surface area contributed by atoms with E-state index in [-0.39, 0.29) is 23.8 Å². The largest absolute Gasteiger partial charge is 0.485 e. The third-order valence-electron chi connectivity index (χ3n) is 5.75. The van der Waals surface area contributed by atoms with Crippen LogP contribution in [0.3, 0.4) is 0 Å². The van der Waals surface area contributed by atoms with Crippen LogP contribution >= 0.6 is 0 Å². The van der Waals surface area contributed by atoms with Crippen molar-refractivity contribution in [3.63, 3.8) is 0 Å². The molecular weight excluding hydrogens is 424 g/mol. The average molecular weight is 454 g/mol. The van der Waals surface area contributed by atoms with Crippen LogP contribution in [0.1, 0.15) is 43.6 Å². The molecule has 2 atom stereocenters. The molecule has 0 spiro atoms. The normalized spacial score (nSPS) is 18.9. The van der Waals surface area contributed by atoms with E-state index < -0.39 is 5.60 Å². The lowest BCUT2D eigenvalue weighted by atomic mass is 9.87. The number of ether oxygens (including phenoxy) is 3. The molecule has 0 saturated heterocycles. The second-order valence-electron chi connectivity index (χ2n) is 8.67. The number of benzene rings is 3. The van der Waals surface area contributed by atoms with Crippen LogP contribution in [0.25, 0.3) is 0 Å². The van der Waals surface area contributed by atoms with E-state index in [1.165, 1.54) is 24.3 Å². The van der Waals surface area contributed by atoms with Crippen LogP contribution in [-0.2, 0) is 22.6 Å². The molecule has 0 aromatic heterocycles. The van der Waals surface area contributed by atoms with Crippen molar-refractivity contribution in [2.75, 3.05) is 11.9 Å². The highest BCUT2D eigenvalue weighted by molar-refractivity contribution is 5.54. The number of halogens is 2. The van der Waals surface area contributed by atoms with Gasteiger partial charge < -0.3 is 19.5 Å². The molecule has 1 heterocycles. The van der Waals surface area contributed by atoms with E-state index >= 15 is 0 Å². The van der Waals surface area contributed by atoms with Crippen LogP contribution in [0, 0.1) is 11.6 Å². The first-order valence-corrected chi connectivity index (χ1v) is 11.1. The zero-order chi connectivity index (χ0) is 23.4. The van der Waals surface area contributed by atoms with Crippen LogP contribution < -0.4 is 10.1 Å². The average Bonchev–Trinajstić information content (AvgIpc) is 2.79. The molecule has 0 saturated carbocycles. The molecule has 4 nitrogen and oxygen atoms in total. The minimum atomic E-state index is -0.629. The van der Waals surface area contributed by atoms with E-state index in [0.717, 1.165) is 28.1 Å². The zero-order valence-corrected chi connectivity index (χ0v) is 19.1. The van der Waals surface area contributed by atoms with Crippen LogP contribution in [0.5, 0.6) is 5.75 Å². The summed E-state index contributed by atoms with van der Waals surface area (Å²) in [4.78, 5) is 0. The Kier molecular flexibility index (Phi) is 6.96. The molecule has 0 bridgehead atoms. The summed E-state index contributed by atoms with van der Waals surface area (Å²) in [5, 5.41) is 3.38. The molecular formula is C27H29F2NO3. The number of rotatable bonds is 8. The van der Waals surface area contributed by atoms with E-state index in [1.807, 2.05) is 39.0 Å². The predicted molar refractivity (Wildman–Crippen MR) is 124 cm³/mol. The summed E-state index contributed by atoms with van der Waals surface area (Å²) < 4.78 is 45.2. The van der Waals surface area contributed by atoms with Crippen molar-refractivity contribution in [2.24, 2.45) is 0 Å². The molecule has 33 heavy (non-hydrogen) atoms. The standard InChI is InChI=1S/C27H29F2NO3/c1-4-31-25-23-15-22(30-16-18-5-9-20(28)10-6-18)13-14-24(23)33-27(2,3)26(25)32-17-19-7-11-21(29)12-8-19/h5-15,25-26,30H,4,16-17H2,1-3H3. The molecule has 1 aliphatic heterocycles. The van der Waals surface area contributed by atoms with Gasteiger partial charge in [0, 0.05) is 24.4 Å². The van der Waals surface area contributed by atoms with Gasteiger partial charge in [0.05, 0.1) is 6.61 Å². The van der Waals surface area contributed by atoms with Gasteiger partial charge in [-0.2, -0.15) is 0 Å². The number of fused-ring (bicyclic) bond motifs is 1. The Hall–Kier alpha value is -2.96. The highest BCUT2D eigenvalue weighted by Crippen LogP contribution is 2.44. The van der Waals surface area contributed by atoms with Gasteiger partial charge in [-0.25, -0.2) is 8.78 Å². The topological polar surface area (TPSA) is 39.7 Å². The highest BCUT2D eigenvalue weighted by Gasteiger charge is 2.45. The quantitative estimate of drug-likeness (QED) is 0.428. The van der Waals surface area contributed by atoms with Gasteiger partial charge in [-0.15, -0.1) is 0 Å². The van der Waals surface area contributed by atoms with Crippen molar-refractivity contribution in [2.45, 2.75) is 51.7 Å². The summed E-state index contributed by atoms with van der Waals surface area (Å²) in [5.41, 5.74) is 3.04. The fourth-order valence-electron chi connectivity index (χ4n) is 4.06. The van der Waals surface area contributed by atoms with Crippen LogP contribution in [0.2, 0.25) is 0 Å². The van der Waals surface area contributed by atoms with E-state index in [1.54, 1.807) is 24.3 Å². The molecule has 2 unspecified atom stereocenters. The van der Waals surface area contributed by atoms with Crippen molar-refractivity contribution >= 4 is 5.69 Å². The van der Waals surface area contributed by atoms with Gasteiger partial charge >= 0.3 is 0 Å². The van der Waals surface area contributed by atoms with Crippen molar-refractivity contribution in [3.05, 3.63) is 95.1 Å². The van der Waals surface area contributed by atoms with Gasteiger partial charge in [-0.1, -0.05) is 24.3 Å². The molecule has 6 heteroatoms. The smallest absolute Gasteiger partial charge is 0.132 e. The first kappa shape index (κ1) is 23.2. The SMILES string of the molecule is CCOC1c2cc(NCc3ccc(F)cc3)ccc2OC(C)(C)C1OCc1ccc(F)cc1. The van der Waals surface area contributed by atoms with Gasteiger partial charge in [0.1, 0.15) is 35.2 Å². The van der Waals surface area contributed by atoms with Gasteiger partial charge in [0.2, 0.25) is 0 Å². The Morgan fingerprint density at radius 1 is 0.879 bits per heavy atom. The van der Waals surface area contributed by atoms with Crippen molar-refractivity contribution < 1.29 is 23.0 Å². The summed E-state index contributed by atoms with van der Waals surface area (Å²) in [7, 11) is 0. The first-order valence-electron chi connectivity index (χ1n) is 11.1. The summed E-state index contributed by atoms with van der Waals surface area (Å²) in [6, 6.07) is 18.6. The molecule has 0 radical (unpaired) electrons. The molecule has 1 aliphatic rings. The molecule has 3 aromatic carbocycles. The second-order valence-corrected chi connectivity index (χ2v) is 8.67. The predicted octanol–water partition coefficient (Wildman–Crippen LogP) is 6.41. The van der Waals surface area contributed by atoms with Crippen LogP contribution in [-0.4, -0.2) is 18.3 Å². The van der Waals surface area contributed by atoms with Crippen molar-refractivity contribution in [3.8, 4) is 5.75 Å².